The van der Waals surface area contributed by atoms with Gasteiger partial charge in [-0.3, -0.25) is 29.4 Å². The molecule has 3 amide bonds. The van der Waals surface area contributed by atoms with Crippen molar-refractivity contribution in [2.45, 2.75) is 13.0 Å². The summed E-state index contributed by atoms with van der Waals surface area (Å²) in [6, 6.07) is 7.72. The second-order valence-corrected chi connectivity index (χ2v) is 6.98. The van der Waals surface area contributed by atoms with Gasteiger partial charge in [0.05, 0.1) is 22.1 Å². The third-order valence-corrected chi connectivity index (χ3v) is 4.84. The number of nitro benzene ring substituents is 1. The summed E-state index contributed by atoms with van der Waals surface area (Å²) in [5, 5.41) is 14.3. The van der Waals surface area contributed by atoms with Gasteiger partial charge in [0.25, 0.3) is 17.5 Å². The van der Waals surface area contributed by atoms with Crippen molar-refractivity contribution in [1.29, 1.82) is 0 Å². The predicted molar refractivity (Wildman–Crippen MR) is 101 cm³/mol. The minimum absolute atomic E-state index is 0.0252. The molecule has 8 nitrogen and oxygen atoms in total. The highest BCUT2D eigenvalue weighted by Crippen LogP contribution is 2.28. The van der Waals surface area contributed by atoms with Crippen LogP contribution in [0.5, 0.6) is 0 Å². The Balaban J connectivity index is 1.73. The highest BCUT2D eigenvalue weighted by atomic mass is 35.5. The molecule has 144 valence electrons. The lowest BCUT2D eigenvalue weighted by molar-refractivity contribution is -0.384. The van der Waals surface area contributed by atoms with Crippen LogP contribution in [0.15, 0.2) is 36.4 Å². The van der Waals surface area contributed by atoms with E-state index in [2.05, 4.69) is 5.32 Å². The SMILES string of the molecule is CC(NC(=O)CN1C(=O)c2ccc([N+](=O)[O-])cc2C1=O)c1ccc(Cl)cc1Cl. The van der Waals surface area contributed by atoms with Crippen LogP contribution in [0.3, 0.4) is 0 Å². The lowest BCUT2D eigenvalue weighted by atomic mass is 10.1. The summed E-state index contributed by atoms with van der Waals surface area (Å²) in [6.45, 7) is 1.18. The number of benzene rings is 2. The van der Waals surface area contributed by atoms with E-state index in [1.807, 2.05) is 0 Å². The van der Waals surface area contributed by atoms with Crippen molar-refractivity contribution in [3.05, 3.63) is 73.2 Å². The average molecular weight is 422 g/mol. The van der Waals surface area contributed by atoms with Crippen LogP contribution in [0, 0.1) is 10.1 Å². The molecule has 1 heterocycles. The first kappa shape index (κ1) is 19.8. The fraction of sp³-hybridized carbons (Fsp3) is 0.167. The Labute approximate surface area is 169 Å². The summed E-state index contributed by atoms with van der Waals surface area (Å²) in [7, 11) is 0. The minimum atomic E-state index is -0.754. The molecule has 0 fully saturated rings. The molecule has 0 radical (unpaired) electrons. The fourth-order valence-corrected chi connectivity index (χ4v) is 3.47. The van der Waals surface area contributed by atoms with Gasteiger partial charge < -0.3 is 5.32 Å². The highest BCUT2D eigenvalue weighted by molar-refractivity contribution is 6.35. The van der Waals surface area contributed by atoms with Crippen molar-refractivity contribution in [2.75, 3.05) is 6.54 Å². The van der Waals surface area contributed by atoms with Crippen LogP contribution in [-0.2, 0) is 4.79 Å². The summed E-state index contributed by atoms with van der Waals surface area (Å²) in [6.07, 6.45) is 0. The zero-order valence-corrected chi connectivity index (χ0v) is 16.0. The third-order valence-electron chi connectivity index (χ3n) is 4.27. The molecule has 1 atom stereocenters. The molecule has 3 rings (SSSR count). The zero-order valence-electron chi connectivity index (χ0n) is 14.4. The number of nitrogens with one attached hydrogen (secondary N) is 1. The first-order valence-corrected chi connectivity index (χ1v) is 8.83. The Morgan fingerprint density at radius 3 is 2.46 bits per heavy atom. The van der Waals surface area contributed by atoms with Crippen molar-refractivity contribution in [3.63, 3.8) is 0 Å². The molecule has 1 aliphatic rings. The minimum Gasteiger partial charge on any atom is -0.348 e. The Hall–Kier alpha value is -2.97. The van der Waals surface area contributed by atoms with Crippen molar-refractivity contribution in [1.82, 2.24) is 10.2 Å². The van der Waals surface area contributed by atoms with Gasteiger partial charge >= 0.3 is 0 Å². The van der Waals surface area contributed by atoms with Crippen molar-refractivity contribution in [2.24, 2.45) is 0 Å². The molecule has 2 aromatic carbocycles. The predicted octanol–water partition coefficient (Wildman–Crippen LogP) is 3.38. The Morgan fingerprint density at radius 2 is 1.82 bits per heavy atom. The molecular weight excluding hydrogens is 409 g/mol. The second kappa shape index (κ2) is 7.57. The van der Waals surface area contributed by atoms with Crippen LogP contribution in [0.25, 0.3) is 0 Å². The van der Waals surface area contributed by atoms with E-state index in [1.54, 1.807) is 19.1 Å². The molecule has 1 N–H and O–H groups in total. The smallest absolute Gasteiger partial charge is 0.270 e. The molecule has 2 aromatic rings. The molecule has 0 aliphatic carbocycles. The lowest BCUT2D eigenvalue weighted by Crippen LogP contribution is -2.41. The van der Waals surface area contributed by atoms with E-state index in [4.69, 9.17) is 23.2 Å². The number of carbonyl (C=O) groups is 3. The number of fused-ring (bicyclic) bond motifs is 1. The second-order valence-electron chi connectivity index (χ2n) is 6.14. The Bertz CT molecular complexity index is 1020. The van der Waals surface area contributed by atoms with Crippen molar-refractivity contribution >= 4 is 46.6 Å². The van der Waals surface area contributed by atoms with Gasteiger partial charge in [0.2, 0.25) is 5.91 Å². The van der Waals surface area contributed by atoms with Gasteiger partial charge in [0.1, 0.15) is 6.54 Å². The van der Waals surface area contributed by atoms with Gasteiger partial charge in [-0.25, -0.2) is 0 Å². The van der Waals surface area contributed by atoms with Gasteiger partial charge in [-0.05, 0) is 30.7 Å². The highest BCUT2D eigenvalue weighted by Gasteiger charge is 2.38. The van der Waals surface area contributed by atoms with Crippen molar-refractivity contribution in [3.8, 4) is 0 Å². The van der Waals surface area contributed by atoms with Gasteiger partial charge in [0, 0.05) is 22.2 Å². The maximum atomic E-state index is 12.4. The average Bonchev–Trinajstić information content (AvgIpc) is 2.86. The van der Waals surface area contributed by atoms with Crippen LogP contribution in [0.2, 0.25) is 10.0 Å². The maximum absolute atomic E-state index is 12.4. The molecule has 28 heavy (non-hydrogen) atoms. The first-order valence-electron chi connectivity index (χ1n) is 8.08. The number of hydrogen-bond acceptors (Lipinski definition) is 5. The topological polar surface area (TPSA) is 110 Å². The van der Waals surface area contributed by atoms with E-state index < -0.39 is 35.2 Å². The van der Waals surface area contributed by atoms with E-state index >= 15 is 0 Å². The maximum Gasteiger partial charge on any atom is 0.270 e. The quantitative estimate of drug-likeness (QED) is 0.451. The number of amides is 3. The standard InChI is InChI=1S/C18H13Cl2N3O5/c1-9(12-4-2-10(19)6-15(12)20)21-16(24)8-22-17(25)13-5-3-11(23(27)28)7-14(13)18(22)26/h2-7,9H,8H2,1H3,(H,21,24). The molecule has 1 aliphatic heterocycles. The lowest BCUT2D eigenvalue weighted by Gasteiger charge is -2.18. The number of nitro groups is 1. The van der Waals surface area contributed by atoms with Crippen LogP contribution >= 0.6 is 23.2 Å². The summed E-state index contributed by atoms with van der Waals surface area (Å²) in [4.78, 5) is 48.1. The van der Waals surface area contributed by atoms with E-state index in [0.29, 0.717) is 15.6 Å². The summed E-state index contributed by atoms with van der Waals surface area (Å²) >= 11 is 12.0. The Kier molecular flexibility index (Phi) is 5.35. The van der Waals surface area contributed by atoms with Crippen molar-refractivity contribution < 1.29 is 19.3 Å². The number of carbonyl (C=O) groups excluding carboxylic acids is 3. The first-order chi connectivity index (χ1) is 13.2. The molecule has 10 heteroatoms. The number of imide groups is 1. The van der Waals surface area contributed by atoms with E-state index in [9.17, 15) is 24.5 Å². The third kappa shape index (κ3) is 3.69. The molecule has 0 saturated heterocycles. The van der Waals surface area contributed by atoms with Crippen LogP contribution in [0.1, 0.15) is 39.2 Å². The monoisotopic (exact) mass is 421 g/mol. The van der Waals surface area contributed by atoms with Crippen LogP contribution < -0.4 is 5.32 Å². The normalized spacial score (nSPS) is 14.0. The van der Waals surface area contributed by atoms with Gasteiger partial charge in [-0.2, -0.15) is 0 Å². The van der Waals surface area contributed by atoms with E-state index in [1.165, 1.54) is 12.1 Å². The largest absolute Gasteiger partial charge is 0.348 e. The van der Waals surface area contributed by atoms with Crippen LogP contribution in [-0.4, -0.2) is 34.1 Å². The Morgan fingerprint density at radius 1 is 1.14 bits per heavy atom. The number of nitrogens with zero attached hydrogens (tertiary/aromatic N) is 2. The molecule has 0 saturated carbocycles. The van der Waals surface area contributed by atoms with Gasteiger partial charge in [-0.15, -0.1) is 0 Å². The van der Waals surface area contributed by atoms with Gasteiger partial charge in [-0.1, -0.05) is 29.3 Å². The molecule has 0 bridgehead atoms. The summed E-state index contributed by atoms with van der Waals surface area (Å²) < 4.78 is 0. The number of rotatable bonds is 5. The molecular formula is C18H13Cl2N3O5. The van der Waals surface area contributed by atoms with Crippen LogP contribution in [0.4, 0.5) is 5.69 Å². The number of non-ortho nitro benzene ring substituents is 1. The van der Waals surface area contributed by atoms with E-state index in [0.717, 1.165) is 17.0 Å². The molecule has 0 aromatic heterocycles. The number of halogens is 2. The van der Waals surface area contributed by atoms with Gasteiger partial charge in [0.15, 0.2) is 0 Å². The summed E-state index contributed by atoms with van der Waals surface area (Å²) in [5.41, 5.74) is 0.243. The number of hydrogen-bond donors (Lipinski definition) is 1. The zero-order chi connectivity index (χ0) is 20.6. The molecule has 1 unspecified atom stereocenters. The van der Waals surface area contributed by atoms with E-state index in [-0.39, 0.29) is 16.8 Å². The summed E-state index contributed by atoms with van der Waals surface area (Å²) in [5.74, 6) is -2.01. The fourth-order valence-electron chi connectivity index (χ4n) is 2.90. The molecule has 0 spiro atoms.